The number of thiazole rings is 1. The maximum Gasteiger partial charge on any atom is 0.175 e. The molecule has 0 saturated heterocycles. The third-order valence-corrected chi connectivity index (χ3v) is 3.40. The molecule has 0 fully saturated rings. The van der Waals surface area contributed by atoms with E-state index in [1.165, 1.54) is 11.3 Å². The van der Waals surface area contributed by atoms with Gasteiger partial charge in [0.15, 0.2) is 5.78 Å². The molecule has 1 heterocycles. The van der Waals surface area contributed by atoms with Gasteiger partial charge in [-0.15, -0.1) is 11.3 Å². The Hall–Kier alpha value is -0.700. The minimum atomic E-state index is 0.102. The van der Waals surface area contributed by atoms with E-state index in [0.717, 1.165) is 22.0 Å². The van der Waals surface area contributed by atoms with Gasteiger partial charge in [0.05, 0.1) is 15.6 Å². The normalized spacial score (nSPS) is 17.8. The number of carbonyl (C=O) groups excluding carboxylic acids is 1. The molecule has 15 heavy (non-hydrogen) atoms. The minimum Gasteiger partial charge on any atom is -0.293 e. The molecule has 84 valence electrons. The van der Waals surface area contributed by atoms with Gasteiger partial charge >= 0.3 is 0 Å². The molecule has 1 aliphatic carbocycles. The van der Waals surface area contributed by atoms with Gasteiger partial charge in [-0.25, -0.2) is 4.98 Å². The van der Waals surface area contributed by atoms with Crippen LogP contribution in [0.2, 0.25) is 0 Å². The minimum absolute atomic E-state index is 0.102. The number of aromatic nitrogens is 1. The first kappa shape index (κ1) is 12.4. The van der Waals surface area contributed by atoms with Crippen molar-refractivity contribution in [2.45, 2.75) is 47.5 Å². The first-order valence-electron chi connectivity index (χ1n) is 5.47. The molecule has 3 heteroatoms. The SMILES string of the molecule is CC.Cc1nc2c(s1)C(=O)CC(C)(C)C2. The second-order valence-electron chi connectivity index (χ2n) is 4.45. The van der Waals surface area contributed by atoms with E-state index in [1.807, 2.05) is 20.8 Å². The van der Waals surface area contributed by atoms with Crippen molar-refractivity contribution >= 4 is 17.1 Å². The second-order valence-corrected chi connectivity index (χ2v) is 5.65. The summed E-state index contributed by atoms with van der Waals surface area (Å²) in [5.74, 6) is 0.275. The predicted molar refractivity (Wildman–Crippen MR) is 64.6 cm³/mol. The van der Waals surface area contributed by atoms with Gasteiger partial charge in [-0.05, 0) is 18.8 Å². The molecule has 0 radical (unpaired) electrons. The molecule has 0 N–H and O–H groups in total. The Labute approximate surface area is 95.7 Å². The Morgan fingerprint density at radius 2 is 1.87 bits per heavy atom. The average molecular weight is 225 g/mol. The van der Waals surface area contributed by atoms with Crippen LogP contribution in [0.3, 0.4) is 0 Å². The van der Waals surface area contributed by atoms with Gasteiger partial charge in [-0.3, -0.25) is 4.79 Å². The highest BCUT2D eigenvalue weighted by Crippen LogP contribution is 2.36. The summed E-state index contributed by atoms with van der Waals surface area (Å²) in [6.07, 6.45) is 1.61. The van der Waals surface area contributed by atoms with Crippen LogP contribution in [0.4, 0.5) is 0 Å². The summed E-state index contributed by atoms with van der Waals surface area (Å²) >= 11 is 1.54. The maximum absolute atomic E-state index is 11.7. The summed E-state index contributed by atoms with van der Waals surface area (Å²) in [6, 6.07) is 0. The summed E-state index contributed by atoms with van der Waals surface area (Å²) in [5.41, 5.74) is 1.12. The number of Topliss-reactive ketones (excluding diaryl/α,β-unsaturated/α-hetero) is 1. The summed E-state index contributed by atoms with van der Waals surface area (Å²) < 4.78 is 0. The highest BCUT2D eigenvalue weighted by atomic mass is 32.1. The zero-order valence-electron chi connectivity index (χ0n) is 10.2. The smallest absolute Gasteiger partial charge is 0.175 e. The molecule has 1 aromatic rings. The van der Waals surface area contributed by atoms with E-state index < -0.39 is 0 Å². The molecule has 1 aromatic heterocycles. The highest BCUT2D eigenvalue weighted by molar-refractivity contribution is 7.13. The van der Waals surface area contributed by atoms with Crippen LogP contribution in [0.25, 0.3) is 0 Å². The fraction of sp³-hybridized carbons (Fsp3) is 0.667. The number of carbonyl (C=O) groups is 1. The summed E-state index contributed by atoms with van der Waals surface area (Å²) in [4.78, 5) is 17.0. The molecule has 0 bridgehead atoms. The van der Waals surface area contributed by atoms with Gasteiger partial charge in [0, 0.05) is 6.42 Å². The van der Waals surface area contributed by atoms with Gasteiger partial charge in [-0.1, -0.05) is 27.7 Å². The van der Waals surface area contributed by atoms with E-state index in [4.69, 9.17) is 0 Å². The van der Waals surface area contributed by atoms with Crippen LogP contribution < -0.4 is 0 Å². The number of hydrogen-bond acceptors (Lipinski definition) is 3. The van der Waals surface area contributed by atoms with Crippen LogP contribution in [0.1, 0.15) is 54.5 Å². The third-order valence-electron chi connectivity index (χ3n) is 2.34. The van der Waals surface area contributed by atoms with E-state index in [1.54, 1.807) is 0 Å². The number of aryl methyl sites for hydroxylation is 1. The molecule has 0 atom stereocenters. The van der Waals surface area contributed by atoms with Crippen LogP contribution in [0.5, 0.6) is 0 Å². The Morgan fingerprint density at radius 3 is 2.47 bits per heavy atom. The summed E-state index contributed by atoms with van der Waals surface area (Å²) in [6.45, 7) is 10.2. The van der Waals surface area contributed by atoms with Crippen LogP contribution in [0, 0.1) is 12.3 Å². The Morgan fingerprint density at radius 1 is 1.27 bits per heavy atom. The zero-order chi connectivity index (χ0) is 11.6. The first-order valence-corrected chi connectivity index (χ1v) is 6.29. The van der Waals surface area contributed by atoms with Crippen molar-refractivity contribution in [1.29, 1.82) is 0 Å². The average Bonchev–Trinajstić information content (AvgIpc) is 2.47. The summed E-state index contributed by atoms with van der Waals surface area (Å²) in [7, 11) is 0. The zero-order valence-corrected chi connectivity index (χ0v) is 11.0. The van der Waals surface area contributed by atoms with Gasteiger partial charge in [0.25, 0.3) is 0 Å². The van der Waals surface area contributed by atoms with Crippen LogP contribution in [0.15, 0.2) is 0 Å². The predicted octanol–water partition coefficient (Wildman–Crippen LogP) is 3.63. The van der Waals surface area contributed by atoms with Crippen molar-refractivity contribution in [1.82, 2.24) is 4.98 Å². The number of ketones is 1. The van der Waals surface area contributed by atoms with E-state index in [-0.39, 0.29) is 11.2 Å². The molecule has 2 nitrogen and oxygen atoms in total. The molecule has 0 unspecified atom stereocenters. The van der Waals surface area contributed by atoms with Crippen molar-refractivity contribution in [2.75, 3.05) is 0 Å². The van der Waals surface area contributed by atoms with E-state index in [2.05, 4.69) is 18.8 Å². The van der Waals surface area contributed by atoms with Crippen LogP contribution >= 0.6 is 11.3 Å². The third kappa shape index (κ3) is 2.65. The Kier molecular flexibility index (Phi) is 3.66. The highest BCUT2D eigenvalue weighted by Gasteiger charge is 2.33. The first-order chi connectivity index (χ1) is 6.98. The largest absolute Gasteiger partial charge is 0.293 e. The molecular weight excluding hydrogens is 206 g/mol. The number of fused-ring (bicyclic) bond motifs is 1. The van der Waals surface area contributed by atoms with E-state index >= 15 is 0 Å². The monoisotopic (exact) mass is 225 g/mol. The van der Waals surface area contributed by atoms with Crippen molar-refractivity contribution in [3.05, 3.63) is 15.6 Å². The van der Waals surface area contributed by atoms with Crippen molar-refractivity contribution < 1.29 is 4.79 Å². The number of rotatable bonds is 0. The number of nitrogens with zero attached hydrogens (tertiary/aromatic N) is 1. The lowest BCUT2D eigenvalue weighted by molar-refractivity contribution is 0.0916. The van der Waals surface area contributed by atoms with Crippen molar-refractivity contribution in [2.24, 2.45) is 5.41 Å². The molecule has 0 aromatic carbocycles. The molecular formula is C12H19NOS. The molecule has 0 saturated carbocycles. The topological polar surface area (TPSA) is 30.0 Å². The van der Waals surface area contributed by atoms with Crippen LogP contribution in [-0.2, 0) is 6.42 Å². The quantitative estimate of drug-likeness (QED) is 0.675. The summed E-state index contributed by atoms with van der Waals surface area (Å²) in [5, 5.41) is 1.01. The fourth-order valence-corrected chi connectivity index (χ4v) is 2.71. The van der Waals surface area contributed by atoms with Gasteiger partial charge in [-0.2, -0.15) is 0 Å². The standard InChI is InChI=1S/C10H13NOS.C2H6/c1-6-11-7-4-10(2,3)5-8(12)9(7)13-6;1-2/h4-5H2,1-3H3;1-2H3. The molecule has 0 spiro atoms. The van der Waals surface area contributed by atoms with Gasteiger partial charge in [0.1, 0.15) is 0 Å². The lowest BCUT2D eigenvalue weighted by Gasteiger charge is -2.26. The Balaban J connectivity index is 0.000000531. The molecule has 0 amide bonds. The van der Waals surface area contributed by atoms with Gasteiger partial charge < -0.3 is 0 Å². The van der Waals surface area contributed by atoms with Crippen molar-refractivity contribution in [3.8, 4) is 0 Å². The molecule has 2 rings (SSSR count). The fourth-order valence-electron chi connectivity index (χ4n) is 1.84. The van der Waals surface area contributed by atoms with Gasteiger partial charge in [0.2, 0.25) is 0 Å². The van der Waals surface area contributed by atoms with E-state index in [9.17, 15) is 4.79 Å². The molecule has 1 aliphatic rings. The van der Waals surface area contributed by atoms with Crippen molar-refractivity contribution in [3.63, 3.8) is 0 Å². The number of hydrogen-bond donors (Lipinski definition) is 0. The van der Waals surface area contributed by atoms with Crippen LogP contribution in [-0.4, -0.2) is 10.8 Å². The maximum atomic E-state index is 11.7. The second kappa shape index (κ2) is 4.44. The Bertz CT molecular complexity index is 366. The lowest BCUT2D eigenvalue weighted by Crippen LogP contribution is -2.25. The lowest BCUT2D eigenvalue weighted by atomic mass is 9.78. The van der Waals surface area contributed by atoms with E-state index in [0.29, 0.717) is 6.42 Å². The molecule has 0 aliphatic heterocycles.